The van der Waals surface area contributed by atoms with Gasteiger partial charge in [-0.3, -0.25) is 9.78 Å². The number of amides is 1. The summed E-state index contributed by atoms with van der Waals surface area (Å²) in [4.78, 5) is 16.7. The van der Waals surface area contributed by atoms with E-state index < -0.39 is 17.4 Å². The second-order valence-corrected chi connectivity index (χ2v) is 8.43. The summed E-state index contributed by atoms with van der Waals surface area (Å²) in [5.74, 6) is -0.0284. The molecule has 6 nitrogen and oxygen atoms in total. The van der Waals surface area contributed by atoms with Crippen molar-refractivity contribution in [3.63, 3.8) is 0 Å². The molecule has 2 heterocycles. The fourth-order valence-corrected chi connectivity index (χ4v) is 4.14. The molecule has 1 amide bonds. The molecule has 1 aliphatic heterocycles. The van der Waals surface area contributed by atoms with Crippen molar-refractivity contribution < 1.29 is 13.9 Å². The van der Waals surface area contributed by atoms with Gasteiger partial charge in [-0.05, 0) is 60.6 Å². The number of carbonyl (C=O) groups is 1. The molecule has 1 saturated carbocycles. The van der Waals surface area contributed by atoms with Crippen molar-refractivity contribution in [2.75, 3.05) is 19.0 Å². The van der Waals surface area contributed by atoms with E-state index >= 15 is 0 Å². The first-order chi connectivity index (χ1) is 14.5. The Bertz CT molecular complexity index is 890. The van der Waals surface area contributed by atoms with E-state index in [4.69, 9.17) is 10.5 Å². The van der Waals surface area contributed by atoms with E-state index in [-0.39, 0.29) is 17.7 Å². The molecule has 0 bridgehead atoms. The third-order valence-corrected chi connectivity index (χ3v) is 6.32. The molecule has 4 rings (SSSR count). The normalized spacial score (nSPS) is 23.2. The number of hydrogen-bond acceptors (Lipinski definition) is 5. The zero-order valence-electron chi connectivity index (χ0n) is 17.2. The maximum absolute atomic E-state index is 14.6. The van der Waals surface area contributed by atoms with Gasteiger partial charge in [-0.25, -0.2) is 4.39 Å². The largest absolute Gasteiger partial charge is 0.380 e. The van der Waals surface area contributed by atoms with Gasteiger partial charge in [-0.2, -0.15) is 0 Å². The molecule has 1 aliphatic carbocycles. The van der Waals surface area contributed by atoms with Crippen LogP contribution in [-0.4, -0.2) is 36.7 Å². The van der Waals surface area contributed by atoms with Crippen LogP contribution < -0.4 is 16.4 Å². The zero-order chi connectivity index (χ0) is 21.1. The van der Waals surface area contributed by atoms with Crippen LogP contribution in [0.15, 0.2) is 42.7 Å². The summed E-state index contributed by atoms with van der Waals surface area (Å²) in [5, 5.41) is 5.85. The number of aromatic nitrogens is 1. The number of carbonyl (C=O) groups excluding carboxylic acids is 1. The van der Waals surface area contributed by atoms with E-state index in [1.54, 1.807) is 31.6 Å². The molecule has 2 aromatic rings. The van der Waals surface area contributed by atoms with Crippen LogP contribution in [0.4, 0.5) is 10.1 Å². The standard InChI is InChI=1S/C23H29FN4O2/c1-30-18-13-21(27-14-18)22(29)28-20-12-17(4-5-19(20)24)23(25,9-6-15-2-3-15)16-7-10-26-11-8-16/h4-5,7-8,10-12,15,18,21,27H,2-3,6,9,13-14,25H2,1H3,(H,28,29)/t18-,21-,23?/m1/s1. The molecule has 2 aliphatic rings. The lowest BCUT2D eigenvalue weighted by Gasteiger charge is -2.31. The van der Waals surface area contributed by atoms with Crippen molar-refractivity contribution in [1.29, 1.82) is 0 Å². The number of benzene rings is 1. The Kier molecular flexibility index (Phi) is 6.13. The van der Waals surface area contributed by atoms with Gasteiger partial charge in [0, 0.05) is 26.0 Å². The van der Waals surface area contributed by atoms with Crippen molar-refractivity contribution in [3.05, 3.63) is 59.7 Å². The van der Waals surface area contributed by atoms with E-state index in [1.165, 1.54) is 18.9 Å². The minimum absolute atomic E-state index is 0.0114. The van der Waals surface area contributed by atoms with Gasteiger partial charge in [0.15, 0.2) is 0 Å². The van der Waals surface area contributed by atoms with E-state index in [0.29, 0.717) is 13.0 Å². The molecular formula is C23H29FN4O2. The van der Waals surface area contributed by atoms with Gasteiger partial charge < -0.3 is 21.1 Å². The molecule has 3 atom stereocenters. The Hall–Kier alpha value is -2.35. The summed E-state index contributed by atoms with van der Waals surface area (Å²) in [6, 6.07) is 8.17. The maximum Gasteiger partial charge on any atom is 0.241 e. The molecule has 1 unspecified atom stereocenters. The summed E-state index contributed by atoms with van der Waals surface area (Å²) in [6.07, 6.45) is 8.24. The van der Waals surface area contributed by atoms with E-state index in [0.717, 1.165) is 29.9 Å². The summed E-state index contributed by atoms with van der Waals surface area (Å²) in [6.45, 7) is 0.603. The van der Waals surface area contributed by atoms with Crippen LogP contribution in [0.5, 0.6) is 0 Å². The first-order valence-corrected chi connectivity index (χ1v) is 10.6. The van der Waals surface area contributed by atoms with Crippen molar-refractivity contribution in [2.45, 2.75) is 49.8 Å². The number of nitrogens with zero attached hydrogens (tertiary/aromatic N) is 1. The highest BCUT2D eigenvalue weighted by molar-refractivity contribution is 5.95. The van der Waals surface area contributed by atoms with Crippen LogP contribution in [0, 0.1) is 11.7 Å². The van der Waals surface area contributed by atoms with Crippen LogP contribution in [-0.2, 0) is 15.1 Å². The lowest BCUT2D eigenvalue weighted by Crippen LogP contribution is -2.39. The Morgan fingerprint density at radius 3 is 2.73 bits per heavy atom. The van der Waals surface area contributed by atoms with Crippen molar-refractivity contribution in [3.8, 4) is 0 Å². The summed E-state index contributed by atoms with van der Waals surface area (Å²) in [7, 11) is 1.62. The summed E-state index contributed by atoms with van der Waals surface area (Å²) >= 11 is 0. The number of anilines is 1. The number of rotatable bonds is 8. The molecule has 2 fully saturated rings. The molecule has 0 spiro atoms. The van der Waals surface area contributed by atoms with Crippen molar-refractivity contribution in [1.82, 2.24) is 10.3 Å². The van der Waals surface area contributed by atoms with Crippen LogP contribution >= 0.6 is 0 Å². The van der Waals surface area contributed by atoms with Gasteiger partial charge in [0.1, 0.15) is 5.82 Å². The topological polar surface area (TPSA) is 89.3 Å². The second kappa shape index (κ2) is 8.79. The second-order valence-electron chi connectivity index (χ2n) is 8.43. The molecule has 1 aromatic heterocycles. The lowest BCUT2D eigenvalue weighted by molar-refractivity contribution is -0.118. The highest BCUT2D eigenvalue weighted by Crippen LogP contribution is 2.40. The summed E-state index contributed by atoms with van der Waals surface area (Å²) in [5.41, 5.74) is 8.02. The maximum atomic E-state index is 14.6. The van der Waals surface area contributed by atoms with Crippen LogP contribution in [0.2, 0.25) is 0 Å². The van der Waals surface area contributed by atoms with Gasteiger partial charge in [0.25, 0.3) is 0 Å². The molecule has 1 saturated heterocycles. The van der Waals surface area contributed by atoms with Crippen LogP contribution in [0.3, 0.4) is 0 Å². The first-order valence-electron chi connectivity index (χ1n) is 10.6. The fraction of sp³-hybridized carbons (Fsp3) is 0.478. The highest BCUT2D eigenvalue weighted by Gasteiger charge is 2.34. The number of ether oxygens (including phenoxy) is 1. The third-order valence-electron chi connectivity index (χ3n) is 6.32. The number of nitrogens with two attached hydrogens (primary N) is 1. The van der Waals surface area contributed by atoms with Crippen LogP contribution in [0.25, 0.3) is 0 Å². The van der Waals surface area contributed by atoms with E-state index in [2.05, 4.69) is 15.6 Å². The fourth-order valence-electron chi connectivity index (χ4n) is 4.14. The third kappa shape index (κ3) is 4.53. The van der Waals surface area contributed by atoms with Gasteiger partial charge >= 0.3 is 0 Å². The molecular weight excluding hydrogens is 383 g/mol. The Balaban J connectivity index is 1.58. The summed E-state index contributed by atoms with van der Waals surface area (Å²) < 4.78 is 19.9. The minimum atomic E-state index is -0.772. The van der Waals surface area contributed by atoms with Gasteiger partial charge in [-0.15, -0.1) is 0 Å². The Labute approximate surface area is 176 Å². The van der Waals surface area contributed by atoms with Gasteiger partial charge in [-0.1, -0.05) is 18.9 Å². The minimum Gasteiger partial charge on any atom is -0.380 e. The first kappa shape index (κ1) is 20.9. The average molecular weight is 413 g/mol. The molecule has 0 radical (unpaired) electrons. The lowest BCUT2D eigenvalue weighted by atomic mass is 9.79. The van der Waals surface area contributed by atoms with E-state index in [9.17, 15) is 9.18 Å². The smallest absolute Gasteiger partial charge is 0.241 e. The molecule has 30 heavy (non-hydrogen) atoms. The predicted molar refractivity (Wildman–Crippen MR) is 113 cm³/mol. The number of halogens is 1. The number of nitrogens with one attached hydrogen (secondary N) is 2. The molecule has 1 aromatic carbocycles. The van der Waals surface area contributed by atoms with Gasteiger partial charge in [0.2, 0.25) is 5.91 Å². The number of hydrogen-bond donors (Lipinski definition) is 3. The van der Waals surface area contributed by atoms with E-state index in [1.807, 2.05) is 12.1 Å². The monoisotopic (exact) mass is 412 g/mol. The molecule has 160 valence electrons. The van der Waals surface area contributed by atoms with Crippen molar-refractivity contribution in [2.24, 2.45) is 11.7 Å². The number of pyridine rings is 1. The quantitative estimate of drug-likeness (QED) is 0.620. The Morgan fingerprint density at radius 2 is 2.07 bits per heavy atom. The predicted octanol–water partition coefficient (Wildman–Crippen LogP) is 2.93. The average Bonchev–Trinajstić information content (AvgIpc) is 3.48. The molecule has 4 N–H and O–H groups in total. The Morgan fingerprint density at radius 1 is 1.30 bits per heavy atom. The van der Waals surface area contributed by atoms with Gasteiger partial charge in [0.05, 0.1) is 23.4 Å². The highest BCUT2D eigenvalue weighted by atomic mass is 19.1. The number of methoxy groups -OCH3 is 1. The van der Waals surface area contributed by atoms with Crippen molar-refractivity contribution >= 4 is 11.6 Å². The zero-order valence-corrected chi connectivity index (χ0v) is 17.2. The van der Waals surface area contributed by atoms with Crippen LogP contribution in [0.1, 0.15) is 43.2 Å². The molecule has 7 heteroatoms. The SMILES string of the molecule is CO[C@H]1CN[C@@H](C(=O)Nc2cc(C(N)(CCC3CC3)c3ccncc3)ccc2F)C1.